The van der Waals surface area contributed by atoms with Gasteiger partial charge in [0.15, 0.2) is 0 Å². The van der Waals surface area contributed by atoms with Crippen LogP contribution in [-0.2, 0) is 29.8 Å². The number of fused-ring (bicyclic) bond motifs is 1. The van der Waals surface area contributed by atoms with E-state index in [4.69, 9.17) is 4.55 Å². The highest BCUT2D eigenvalue weighted by molar-refractivity contribution is 9.10. The Morgan fingerprint density at radius 3 is 2.21 bits per heavy atom. The lowest BCUT2D eigenvalue weighted by atomic mass is 10.1. The standard InChI is InChI=1S/C15H14BrN.C7H8O3S/c16-15-8-4-7-13-10-17(11-14(13)15)9-12-5-2-1-3-6-12;1-6-2-4-7(5-3-6)11(8,9)10/h1-8H,9-11H2;2-5H,1H3,(H,8,9,10). The van der Waals surface area contributed by atoms with Gasteiger partial charge in [0.1, 0.15) is 0 Å². The molecule has 0 saturated heterocycles. The third-order valence-electron chi connectivity index (χ3n) is 4.56. The van der Waals surface area contributed by atoms with Gasteiger partial charge in [0.05, 0.1) is 4.90 Å². The van der Waals surface area contributed by atoms with Crippen LogP contribution in [0.15, 0.2) is 82.2 Å². The average molecular weight is 460 g/mol. The van der Waals surface area contributed by atoms with Crippen molar-refractivity contribution in [3.63, 3.8) is 0 Å². The summed E-state index contributed by atoms with van der Waals surface area (Å²) < 4.78 is 30.8. The highest BCUT2D eigenvalue weighted by Crippen LogP contribution is 2.30. The Kier molecular flexibility index (Phi) is 6.67. The van der Waals surface area contributed by atoms with E-state index in [1.165, 1.54) is 33.3 Å². The van der Waals surface area contributed by atoms with E-state index in [9.17, 15) is 8.42 Å². The fourth-order valence-corrected chi connectivity index (χ4v) is 4.13. The van der Waals surface area contributed by atoms with Gasteiger partial charge in [0, 0.05) is 24.1 Å². The molecule has 1 heterocycles. The molecule has 0 bridgehead atoms. The van der Waals surface area contributed by atoms with E-state index in [1.807, 2.05) is 6.92 Å². The smallest absolute Gasteiger partial charge is 0.291 e. The fraction of sp³-hybridized carbons (Fsp3) is 0.182. The van der Waals surface area contributed by atoms with Crippen LogP contribution in [0.5, 0.6) is 0 Å². The molecule has 1 aliphatic heterocycles. The van der Waals surface area contributed by atoms with Gasteiger partial charge in [-0.3, -0.25) is 9.45 Å². The van der Waals surface area contributed by atoms with Gasteiger partial charge in [-0.2, -0.15) is 8.42 Å². The fourth-order valence-electron chi connectivity index (χ4n) is 3.11. The van der Waals surface area contributed by atoms with Crippen LogP contribution in [-0.4, -0.2) is 17.9 Å². The molecule has 6 heteroatoms. The summed E-state index contributed by atoms with van der Waals surface area (Å²) in [6.07, 6.45) is 0. The van der Waals surface area contributed by atoms with Gasteiger partial charge in [-0.25, -0.2) is 0 Å². The van der Waals surface area contributed by atoms with Gasteiger partial charge in [0.25, 0.3) is 10.1 Å². The minimum Gasteiger partial charge on any atom is -0.291 e. The van der Waals surface area contributed by atoms with E-state index in [2.05, 4.69) is 69.4 Å². The van der Waals surface area contributed by atoms with Crippen LogP contribution in [0.4, 0.5) is 0 Å². The molecule has 0 aliphatic carbocycles. The summed E-state index contributed by atoms with van der Waals surface area (Å²) >= 11 is 3.63. The zero-order chi connectivity index (χ0) is 20.1. The second kappa shape index (κ2) is 9.01. The predicted octanol–water partition coefficient (Wildman–Crippen LogP) is 5.21. The van der Waals surface area contributed by atoms with E-state index >= 15 is 0 Å². The molecule has 1 N–H and O–H groups in total. The zero-order valence-corrected chi connectivity index (χ0v) is 17.9. The molecule has 0 aromatic heterocycles. The maximum Gasteiger partial charge on any atom is 0.294 e. The monoisotopic (exact) mass is 459 g/mol. The zero-order valence-electron chi connectivity index (χ0n) is 15.5. The Morgan fingerprint density at radius 2 is 1.61 bits per heavy atom. The van der Waals surface area contributed by atoms with E-state index in [0.29, 0.717) is 0 Å². The minimum atomic E-state index is -4.02. The number of benzene rings is 3. The van der Waals surface area contributed by atoms with Crippen molar-refractivity contribution in [3.05, 3.63) is 99.5 Å². The van der Waals surface area contributed by atoms with Gasteiger partial charge in [0.2, 0.25) is 0 Å². The van der Waals surface area contributed by atoms with E-state index in [-0.39, 0.29) is 4.90 Å². The van der Waals surface area contributed by atoms with Crippen LogP contribution < -0.4 is 0 Å². The number of rotatable bonds is 3. The molecular formula is C22H22BrNO3S. The summed E-state index contributed by atoms with van der Waals surface area (Å²) in [5.41, 5.74) is 5.24. The quantitative estimate of drug-likeness (QED) is 0.546. The molecule has 0 amide bonds. The third kappa shape index (κ3) is 5.52. The normalized spacial score (nSPS) is 13.5. The second-order valence-electron chi connectivity index (χ2n) is 6.80. The summed E-state index contributed by atoms with van der Waals surface area (Å²) in [5, 5.41) is 0. The number of halogens is 1. The lowest BCUT2D eigenvalue weighted by Gasteiger charge is -2.14. The van der Waals surface area contributed by atoms with Gasteiger partial charge >= 0.3 is 0 Å². The first kappa shape index (κ1) is 20.7. The van der Waals surface area contributed by atoms with Crippen molar-refractivity contribution < 1.29 is 13.0 Å². The highest BCUT2D eigenvalue weighted by Gasteiger charge is 2.20. The first-order chi connectivity index (χ1) is 13.3. The largest absolute Gasteiger partial charge is 0.294 e. The summed E-state index contributed by atoms with van der Waals surface area (Å²) in [7, 11) is -4.02. The highest BCUT2D eigenvalue weighted by atomic mass is 79.9. The van der Waals surface area contributed by atoms with Crippen molar-refractivity contribution in [2.24, 2.45) is 0 Å². The van der Waals surface area contributed by atoms with Crippen LogP contribution in [0.3, 0.4) is 0 Å². The number of hydrogen-bond acceptors (Lipinski definition) is 3. The Bertz CT molecular complexity index is 1040. The molecule has 0 unspecified atom stereocenters. The minimum absolute atomic E-state index is 0.0666. The third-order valence-corrected chi connectivity index (χ3v) is 6.17. The SMILES string of the molecule is Brc1cccc2c1CN(Cc1ccccc1)C2.Cc1ccc(S(=O)(=O)O)cc1. The van der Waals surface area contributed by atoms with Crippen molar-refractivity contribution in [1.29, 1.82) is 0 Å². The number of nitrogens with zero attached hydrogens (tertiary/aromatic N) is 1. The summed E-state index contributed by atoms with van der Waals surface area (Å²) in [5.74, 6) is 0. The van der Waals surface area contributed by atoms with E-state index in [0.717, 1.165) is 25.2 Å². The van der Waals surface area contributed by atoms with Crippen molar-refractivity contribution in [2.75, 3.05) is 0 Å². The predicted molar refractivity (Wildman–Crippen MR) is 115 cm³/mol. The van der Waals surface area contributed by atoms with Crippen molar-refractivity contribution in [3.8, 4) is 0 Å². The molecule has 3 aromatic carbocycles. The van der Waals surface area contributed by atoms with Crippen LogP contribution in [0.1, 0.15) is 22.3 Å². The Balaban J connectivity index is 0.000000178. The van der Waals surface area contributed by atoms with Crippen molar-refractivity contribution >= 4 is 26.0 Å². The molecule has 4 nitrogen and oxygen atoms in total. The van der Waals surface area contributed by atoms with Crippen molar-refractivity contribution in [2.45, 2.75) is 31.5 Å². The summed E-state index contributed by atoms with van der Waals surface area (Å²) in [6, 6.07) is 23.1. The summed E-state index contributed by atoms with van der Waals surface area (Å²) in [6.45, 7) is 4.98. The molecule has 0 fully saturated rings. The topological polar surface area (TPSA) is 57.6 Å². The lowest BCUT2D eigenvalue weighted by molar-refractivity contribution is 0.275. The van der Waals surface area contributed by atoms with Crippen LogP contribution in [0.25, 0.3) is 0 Å². The maximum absolute atomic E-state index is 10.5. The maximum atomic E-state index is 10.5. The molecular weight excluding hydrogens is 438 g/mol. The van der Waals surface area contributed by atoms with Crippen molar-refractivity contribution in [1.82, 2.24) is 4.90 Å². The van der Waals surface area contributed by atoms with Crippen LogP contribution in [0, 0.1) is 6.92 Å². The van der Waals surface area contributed by atoms with Crippen LogP contribution in [0.2, 0.25) is 0 Å². The van der Waals surface area contributed by atoms with Crippen LogP contribution >= 0.6 is 15.9 Å². The number of hydrogen-bond donors (Lipinski definition) is 1. The van der Waals surface area contributed by atoms with Gasteiger partial charge in [-0.1, -0.05) is 76.1 Å². The summed E-state index contributed by atoms with van der Waals surface area (Å²) in [4.78, 5) is 2.41. The number of aryl methyl sites for hydroxylation is 1. The first-order valence-electron chi connectivity index (χ1n) is 8.89. The molecule has 0 saturated carbocycles. The van der Waals surface area contributed by atoms with Gasteiger partial charge in [-0.15, -0.1) is 0 Å². The second-order valence-corrected chi connectivity index (χ2v) is 9.07. The Morgan fingerprint density at radius 1 is 0.929 bits per heavy atom. The molecule has 0 atom stereocenters. The Hall–Kier alpha value is -1.99. The lowest BCUT2D eigenvalue weighted by Crippen LogP contribution is -2.15. The molecule has 3 aromatic rings. The molecule has 28 heavy (non-hydrogen) atoms. The molecule has 1 aliphatic rings. The first-order valence-corrected chi connectivity index (χ1v) is 11.1. The van der Waals surface area contributed by atoms with Gasteiger partial charge in [-0.05, 0) is 41.8 Å². The molecule has 146 valence electrons. The van der Waals surface area contributed by atoms with E-state index < -0.39 is 10.1 Å². The average Bonchev–Trinajstić information content (AvgIpc) is 3.07. The van der Waals surface area contributed by atoms with Gasteiger partial charge < -0.3 is 0 Å². The Labute approximate surface area is 174 Å². The molecule has 0 radical (unpaired) electrons. The van der Waals surface area contributed by atoms with E-state index in [1.54, 1.807) is 12.1 Å². The molecule has 4 rings (SSSR count). The molecule has 0 spiro atoms.